The molecule has 3 saturated heterocycles. The number of rotatable bonds is 7. The molecule has 7 aromatic carbocycles. The van der Waals surface area contributed by atoms with Crippen LogP contribution in [0.5, 0.6) is 17.2 Å². The number of benzene rings is 7. The van der Waals surface area contributed by atoms with Gasteiger partial charge in [0, 0.05) is 189 Å². The van der Waals surface area contributed by atoms with Crippen molar-refractivity contribution in [2.24, 2.45) is 0 Å². The maximum atomic E-state index is 14.3. The van der Waals surface area contributed by atoms with Crippen molar-refractivity contribution in [2.45, 2.75) is 76.9 Å². The summed E-state index contributed by atoms with van der Waals surface area (Å²) in [4.78, 5) is 99.3. The van der Waals surface area contributed by atoms with Crippen LogP contribution in [0.15, 0.2) is 109 Å². The molecule has 0 radical (unpaired) electrons. The lowest BCUT2D eigenvalue weighted by molar-refractivity contribution is 0.0572. The van der Waals surface area contributed by atoms with Gasteiger partial charge in [0.15, 0.2) is 0 Å². The Kier molecular flexibility index (Phi) is 27.5. The van der Waals surface area contributed by atoms with Crippen molar-refractivity contribution in [1.29, 1.82) is 0 Å². The monoisotopic (exact) mass is 1850 g/mol. The number of ether oxygens (including phenoxy) is 5. The minimum Gasteiger partial charge on any atom is -0.443 e. The normalized spacial score (nSPS) is 18.4. The molecule has 28 heteroatoms. The quantitative estimate of drug-likeness (QED) is 0.142. The number of H-pyrrole nitrogens is 1. The minimum atomic E-state index is -0.600. The van der Waals surface area contributed by atoms with E-state index in [1.807, 2.05) is 165 Å². The maximum absolute atomic E-state index is 14.3. The van der Waals surface area contributed by atoms with Crippen LogP contribution in [0.25, 0.3) is 43.2 Å². The Labute approximate surface area is 680 Å². The van der Waals surface area contributed by atoms with E-state index in [9.17, 15) is 28.8 Å². The predicted octanol–water partition coefficient (Wildman–Crippen LogP) is 17.0. The lowest BCUT2D eigenvalue weighted by Crippen LogP contribution is -2.48. The van der Waals surface area contributed by atoms with Crippen LogP contribution in [0.4, 0.5) is 46.7 Å². The van der Waals surface area contributed by atoms with Gasteiger partial charge in [-0.25, -0.2) is 24.0 Å². The molecule has 0 unspecified atom stereocenters. The molecule has 2 N–H and O–H groups in total. The van der Waals surface area contributed by atoms with Crippen LogP contribution in [0.3, 0.4) is 0 Å². The fourth-order valence-corrected chi connectivity index (χ4v) is 16.4. The van der Waals surface area contributed by atoms with Gasteiger partial charge in [-0.05, 0) is 132 Å². The summed E-state index contributed by atoms with van der Waals surface area (Å²) in [6.45, 7) is 22.4. The summed E-state index contributed by atoms with van der Waals surface area (Å²) >= 11 is 13.9. The number of halogens is 6. The second kappa shape index (κ2) is 35.5. The third-order valence-electron chi connectivity index (χ3n) is 20.2. The topological polar surface area (TPSA) is 206 Å². The number of aromatic amines is 1. The first kappa shape index (κ1) is 82.7. The average molecular weight is 1850 g/mol. The van der Waals surface area contributed by atoms with E-state index in [0.29, 0.717) is 105 Å². The van der Waals surface area contributed by atoms with Crippen LogP contribution in [-0.2, 0) is 15.9 Å². The largest absolute Gasteiger partial charge is 0.443 e. The number of carbonyl (C=O) groups excluding carboxylic acids is 6. The Morgan fingerprint density at radius 1 is 0.430 bits per heavy atom. The second-order valence-corrected chi connectivity index (χ2v) is 31.5. The molecule has 0 saturated carbocycles. The zero-order valence-electron chi connectivity index (χ0n) is 62.1. The Hall–Kier alpha value is -6.76. The van der Waals surface area contributed by atoms with Crippen molar-refractivity contribution >= 4 is 200 Å². The molecule has 574 valence electrons. The first-order chi connectivity index (χ1) is 50.4. The number of likely N-dealkylation sites (N-methyl/N-ethyl adjacent to an activating group) is 3. The molecule has 0 spiro atoms. The van der Waals surface area contributed by atoms with Crippen molar-refractivity contribution in [3.8, 4) is 17.2 Å². The standard InChI is InChI=1S/C35H38BrN5O5.C24H30BrN3O4.C19H22BrN3O2.CH3Br.2BrH/c1-35(2,3)46-34(44)40-12-11-22-25-17-27(37-26(25)9-10-28(22)40)32(42)41-20-21(19-36)31-24-8-6-5-7-23(24)30(18-29(31)41)45-33(43)39-15-13-38(4)14-16-39;1-24(2,3)32-23(30)28-15-16(14-25)21-18-8-6-5-7-17(18)20(13-19(21)28)31-22(29)27-11-9-26(4)10-12-27;1-22-6-8-23(9-7-22)19(24)25-17-10-16-18(13(11-20)12-21-16)15-5-3-2-4-14(15)17;1-2;;/h5-10,17-18,21,37H,11-16,19-20H2,1-4H3;5-8,13,16H,9-12,14-15H2,1-4H3;2-5,10,13,21H,6-9,11-12H2,1H3;1H3;2*1H/t21-;16-;13-;;;/m111.../s1. The number of piperazine rings is 3. The van der Waals surface area contributed by atoms with Gasteiger partial charge in [0.25, 0.3) is 5.91 Å². The van der Waals surface area contributed by atoms with Crippen molar-refractivity contribution < 1.29 is 52.5 Å². The molecule has 7 aliphatic rings. The molecule has 0 bridgehead atoms. The molecule has 1 aromatic heterocycles. The summed E-state index contributed by atoms with van der Waals surface area (Å²) in [5, 5.41) is 12.5. The van der Waals surface area contributed by atoms with Crippen molar-refractivity contribution in [1.82, 2.24) is 34.4 Å². The van der Waals surface area contributed by atoms with Crippen molar-refractivity contribution in [3.63, 3.8) is 0 Å². The summed E-state index contributed by atoms with van der Waals surface area (Å²) in [7, 11) is 6.16. The highest BCUT2D eigenvalue weighted by molar-refractivity contribution is 9.09. The molecule has 3 atom stereocenters. The van der Waals surface area contributed by atoms with Crippen LogP contribution in [0.2, 0.25) is 0 Å². The number of aromatic nitrogens is 1. The number of hydrogen-bond acceptors (Lipinski definition) is 15. The third-order valence-corrected chi connectivity index (χ3v) is 22.5. The van der Waals surface area contributed by atoms with Gasteiger partial charge in [-0.3, -0.25) is 14.6 Å². The van der Waals surface area contributed by atoms with E-state index in [0.717, 1.165) is 134 Å². The van der Waals surface area contributed by atoms with E-state index in [-0.39, 0.29) is 76.1 Å². The zero-order valence-corrected chi connectivity index (χ0v) is 71.9. The summed E-state index contributed by atoms with van der Waals surface area (Å²) in [6, 6.07) is 35.4. The Morgan fingerprint density at radius 3 is 1.23 bits per heavy atom. The highest BCUT2D eigenvalue weighted by Gasteiger charge is 2.40. The van der Waals surface area contributed by atoms with Gasteiger partial charge < -0.3 is 68.3 Å². The molecule has 8 aromatic rings. The fraction of sp³-hybridized carbons (Fsp3) is 0.443. The second-order valence-electron chi connectivity index (χ2n) is 29.6. The van der Waals surface area contributed by atoms with E-state index >= 15 is 0 Å². The zero-order chi connectivity index (χ0) is 74.8. The Bertz CT molecular complexity index is 4590. The lowest BCUT2D eigenvalue weighted by Gasteiger charge is -2.31. The number of nitrogens with one attached hydrogen (secondary N) is 2. The molecule has 0 aliphatic carbocycles. The van der Waals surface area contributed by atoms with Gasteiger partial charge in [0.1, 0.15) is 34.1 Å². The fourth-order valence-electron chi connectivity index (χ4n) is 14.8. The number of fused-ring (bicyclic) bond motifs is 12. The van der Waals surface area contributed by atoms with E-state index in [4.69, 9.17) is 23.7 Å². The van der Waals surface area contributed by atoms with Crippen LogP contribution in [0, 0.1) is 0 Å². The predicted molar refractivity (Wildman–Crippen MR) is 452 cm³/mol. The number of alkyl halides is 4. The van der Waals surface area contributed by atoms with Crippen LogP contribution in [0.1, 0.15) is 92.0 Å². The summed E-state index contributed by atoms with van der Waals surface area (Å²) in [6.07, 6.45) is -1.09. The molecular formula is C79H95Br6N11O11. The number of hydrogen-bond donors (Lipinski definition) is 2. The number of carbonyl (C=O) groups is 6. The molecule has 3 fully saturated rings. The van der Waals surface area contributed by atoms with Gasteiger partial charge in [0.2, 0.25) is 0 Å². The number of anilines is 4. The van der Waals surface area contributed by atoms with Gasteiger partial charge in [0.05, 0.1) is 17.1 Å². The molecule has 15 rings (SSSR count). The van der Waals surface area contributed by atoms with Gasteiger partial charge in [-0.1, -0.05) is 137 Å². The summed E-state index contributed by atoms with van der Waals surface area (Å²) < 4.78 is 29.1. The van der Waals surface area contributed by atoms with Gasteiger partial charge in [-0.2, -0.15) is 0 Å². The minimum absolute atomic E-state index is 0. The molecule has 8 heterocycles. The number of nitrogens with zero attached hydrogens (tertiary/aromatic N) is 9. The Morgan fingerprint density at radius 2 is 0.813 bits per heavy atom. The molecule has 22 nitrogen and oxygen atoms in total. The van der Waals surface area contributed by atoms with E-state index in [1.54, 1.807) is 29.4 Å². The van der Waals surface area contributed by atoms with Crippen LogP contribution in [-0.4, -0.2) is 230 Å². The van der Waals surface area contributed by atoms with E-state index < -0.39 is 17.3 Å². The highest BCUT2D eigenvalue weighted by Crippen LogP contribution is 2.49. The van der Waals surface area contributed by atoms with E-state index in [1.165, 1.54) is 5.56 Å². The maximum Gasteiger partial charge on any atom is 0.415 e. The third kappa shape index (κ3) is 18.2. The van der Waals surface area contributed by atoms with E-state index in [2.05, 4.69) is 102 Å². The Balaban J connectivity index is 0.000000176. The van der Waals surface area contributed by atoms with Crippen LogP contribution >= 0.6 is 97.7 Å². The van der Waals surface area contributed by atoms with Crippen molar-refractivity contribution in [2.75, 3.05) is 168 Å². The molecule has 6 amide bonds. The summed E-state index contributed by atoms with van der Waals surface area (Å²) in [5.74, 6) is 3.81. The molecule has 7 aliphatic heterocycles. The first-order valence-electron chi connectivity index (χ1n) is 35.8. The molecule has 107 heavy (non-hydrogen) atoms. The van der Waals surface area contributed by atoms with Gasteiger partial charge >= 0.3 is 30.5 Å². The summed E-state index contributed by atoms with van der Waals surface area (Å²) in [5.41, 5.74) is 7.94. The van der Waals surface area contributed by atoms with Crippen molar-refractivity contribution in [3.05, 3.63) is 137 Å². The SMILES string of the molecule is Br.Br.CBr.CN1CCN(C(=O)Oc2cc3c(c4ccccc24)[C@H](CBr)CN3)CC1.CN1CCN(C(=O)Oc2cc3c(c4ccccc24)[C@H](CBr)CN3C(=O)OC(C)(C)C)CC1.CN1CCN(C(=O)Oc2cc3c(c4ccccc24)[C@H](CBr)CN3C(=O)c2cc3c4c(ccc3[nH]2)N(C(=O)OC(C)(C)C)CC4)CC1. The molecular weight excluding hydrogens is 1760 g/mol. The first-order valence-corrected chi connectivity index (χ1v) is 40.7. The smallest absolute Gasteiger partial charge is 0.415 e. The van der Waals surface area contributed by atoms with Crippen LogP contribution < -0.4 is 34.2 Å². The lowest BCUT2D eigenvalue weighted by atomic mass is 9.95. The highest BCUT2D eigenvalue weighted by atomic mass is 79.9. The number of amides is 6. The average Bonchev–Trinajstić information content (AvgIpc) is 1.63. The van der Waals surface area contributed by atoms with Gasteiger partial charge in [-0.15, -0.1) is 34.0 Å².